The normalized spacial score (nSPS) is 13.9. The molecule has 0 aliphatic heterocycles. The number of rotatable bonds is 10. The quantitative estimate of drug-likeness (QED) is 0.542. The molecule has 2 atom stereocenters. The van der Waals surface area contributed by atoms with E-state index in [1.807, 2.05) is 0 Å². The zero-order valence-electron chi connectivity index (χ0n) is 11.6. The maximum absolute atomic E-state index is 11.7. The molecule has 0 bridgehead atoms. The third-order valence-electron chi connectivity index (χ3n) is 2.97. The average molecular weight is 257 g/mol. The topological polar surface area (TPSA) is 98.2 Å². The van der Waals surface area contributed by atoms with Crippen LogP contribution in [0.5, 0.6) is 0 Å². The minimum atomic E-state index is -0.394. The van der Waals surface area contributed by atoms with Gasteiger partial charge < -0.3 is 16.8 Å². The Morgan fingerprint density at radius 1 is 1.22 bits per heavy atom. The summed E-state index contributed by atoms with van der Waals surface area (Å²) in [6.45, 7) is 4.59. The second kappa shape index (κ2) is 9.88. The van der Waals surface area contributed by atoms with Gasteiger partial charge in [0.25, 0.3) is 0 Å². The molecule has 5 N–H and O–H groups in total. The van der Waals surface area contributed by atoms with E-state index in [1.165, 1.54) is 0 Å². The minimum Gasteiger partial charge on any atom is -0.370 e. The predicted octanol–water partition coefficient (Wildman–Crippen LogP) is 0.912. The van der Waals surface area contributed by atoms with Gasteiger partial charge in [0.05, 0.1) is 0 Å². The zero-order chi connectivity index (χ0) is 14.0. The standard InChI is InChI=1S/C13H27N3O2/c1-3-4-11(7-8-14)5-6-13(18)16-10(2)9-12(15)17/h10-11H,3-9,14H2,1-2H3,(H2,15,17)(H,16,18). The second-order valence-electron chi connectivity index (χ2n) is 4.91. The lowest BCUT2D eigenvalue weighted by Gasteiger charge is -2.16. The SMILES string of the molecule is CCCC(CCN)CCC(=O)NC(C)CC(N)=O. The van der Waals surface area contributed by atoms with E-state index in [-0.39, 0.29) is 18.4 Å². The summed E-state index contributed by atoms with van der Waals surface area (Å²) in [6, 6.07) is -0.186. The molecule has 2 unspecified atom stereocenters. The first-order valence-electron chi connectivity index (χ1n) is 6.77. The molecule has 5 nitrogen and oxygen atoms in total. The molecule has 0 fully saturated rings. The highest BCUT2D eigenvalue weighted by Gasteiger charge is 2.12. The van der Waals surface area contributed by atoms with Crippen molar-refractivity contribution < 1.29 is 9.59 Å². The van der Waals surface area contributed by atoms with Gasteiger partial charge >= 0.3 is 0 Å². The molecule has 0 saturated carbocycles. The van der Waals surface area contributed by atoms with E-state index in [2.05, 4.69) is 12.2 Å². The van der Waals surface area contributed by atoms with Crippen molar-refractivity contribution in [1.82, 2.24) is 5.32 Å². The smallest absolute Gasteiger partial charge is 0.220 e. The lowest BCUT2D eigenvalue weighted by molar-refractivity contribution is -0.122. The Kier molecular flexibility index (Phi) is 9.28. The Bertz CT molecular complexity index is 251. The van der Waals surface area contributed by atoms with Gasteiger partial charge in [-0.3, -0.25) is 9.59 Å². The molecule has 0 aromatic heterocycles. The minimum absolute atomic E-state index is 0.0122. The summed E-state index contributed by atoms with van der Waals surface area (Å²) in [6.07, 6.45) is 4.74. The molecule has 0 aromatic rings. The van der Waals surface area contributed by atoms with E-state index in [4.69, 9.17) is 11.5 Å². The fourth-order valence-electron chi connectivity index (χ4n) is 2.11. The molecule has 0 spiro atoms. The number of primary amides is 1. The van der Waals surface area contributed by atoms with Gasteiger partial charge in [-0.05, 0) is 32.2 Å². The number of carbonyl (C=O) groups is 2. The molecule has 0 saturated heterocycles. The Morgan fingerprint density at radius 3 is 2.39 bits per heavy atom. The molecule has 106 valence electrons. The number of hydrogen-bond donors (Lipinski definition) is 3. The molecule has 0 heterocycles. The molecule has 0 aliphatic carbocycles. The Labute approximate surface area is 110 Å². The van der Waals surface area contributed by atoms with Crippen molar-refractivity contribution >= 4 is 11.8 Å². The Hall–Kier alpha value is -1.10. The van der Waals surface area contributed by atoms with Crippen molar-refractivity contribution in [3.05, 3.63) is 0 Å². The van der Waals surface area contributed by atoms with Crippen LogP contribution in [0.3, 0.4) is 0 Å². The molecular weight excluding hydrogens is 230 g/mol. The van der Waals surface area contributed by atoms with Crippen LogP contribution in [-0.2, 0) is 9.59 Å². The van der Waals surface area contributed by atoms with Crippen LogP contribution in [0.4, 0.5) is 0 Å². The van der Waals surface area contributed by atoms with Gasteiger partial charge in [0, 0.05) is 18.9 Å². The van der Waals surface area contributed by atoms with Crippen LogP contribution in [0.25, 0.3) is 0 Å². The first-order valence-corrected chi connectivity index (χ1v) is 6.77. The van der Waals surface area contributed by atoms with Crippen molar-refractivity contribution in [1.29, 1.82) is 0 Å². The van der Waals surface area contributed by atoms with E-state index in [0.717, 1.165) is 25.7 Å². The molecule has 0 radical (unpaired) electrons. The highest BCUT2D eigenvalue weighted by molar-refractivity contribution is 5.78. The number of nitrogens with one attached hydrogen (secondary N) is 1. The largest absolute Gasteiger partial charge is 0.370 e. The number of hydrogen-bond acceptors (Lipinski definition) is 3. The van der Waals surface area contributed by atoms with E-state index in [1.54, 1.807) is 6.92 Å². The monoisotopic (exact) mass is 257 g/mol. The summed E-state index contributed by atoms with van der Waals surface area (Å²) < 4.78 is 0. The van der Waals surface area contributed by atoms with Gasteiger partial charge in [-0.25, -0.2) is 0 Å². The van der Waals surface area contributed by atoms with Gasteiger partial charge in [0.1, 0.15) is 0 Å². The highest BCUT2D eigenvalue weighted by atomic mass is 16.2. The van der Waals surface area contributed by atoms with Crippen molar-refractivity contribution in [2.24, 2.45) is 17.4 Å². The molecule has 0 aromatic carbocycles. The first-order chi connectivity index (χ1) is 8.49. The van der Waals surface area contributed by atoms with Crippen LogP contribution in [0.15, 0.2) is 0 Å². The van der Waals surface area contributed by atoms with Crippen molar-refractivity contribution in [2.75, 3.05) is 6.54 Å². The van der Waals surface area contributed by atoms with Crippen LogP contribution in [-0.4, -0.2) is 24.4 Å². The lowest BCUT2D eigenvalue weighted by Crippen LogP contribution is -2.35. The second-order valence-corrected chi connectivity index (χ2v) is 4.91. The number of amides is 2. The molecule has 5 heteroatoms. The molecule has 18 heavy (non-hydrogen) atoms. The fourth-order valence-corrected chi connectivity index (χ4v) is 2.11. The molecular formula is C13H27N3O2. The Balaban J connectivity index is 3.88. The molecule has 0 aliphatic rings. The average Bonchev–Trinajstić information content (AvgIpc) is 2.25. The summed E-state index contributed by atoms with van der Waals surface area (Å²) in [4.78, 5) is 22.3. The van der Waals surface area contributed by atoms with Gasteiger partial charge in [-0.15, -0.1) is 0 Å². The highest BCUT2D eigenvalue weighted by Crippen LogP contribution is 2.16. The van der Waals surface area contributed by atoms with Gasteiger partial charge in [0.2, 0.25) is 11.8 Å². The summed E-state index contributed by atoms with van der Waals surface area (Å²) >= 11 is 0. The van der Waals surface area contributed by atoms with Crippen molar-refractivity contribution in [3.63, 3.8) is 0 Å². The fraction of sp³-hybridized carbons (Fsp3) is 0.846. The summed E-state index contributed by atoms with van der Waals surface area (Å²) in [5.41, 5.74) is 10.6. The Morgan fingerprint density at radius 2 is 1.89 bits per heavy atom. The number of carbonyl (C=O) groups excluding carboxylic acids is 2. The van der Waals surface area contributed by atoms with Crippen LogP contribution in [0.2, 0.25) is 0 Å². The number of nitrogens with two attached hydrogens (primary N) is 2. The van der Waals surface area contributed by atoms with E-state index in [9.17, 15) is 9.59 Å². The molecule has 2 amide bonds. The third-order valence-corrected chi connectivity index (χ3v) is 2.97. The van der Waals surface area contributed by atoms with E-state index < -0.39 is 5.91 Å². The maximum Gasteiger partial charge on any atom is 0.220 e. The van der Waals surface area contributed by atoms with Crippen LogP contribution in [0.1, 0.15) is 52.4 Å². The zero-order valence-corrected chi connectivity index (χ0v) is 11.6. The van der Waals surface area contributed by atoms with Crippen LogP contribution in [0, 0.1) is 5.92 Å². The predicted molar refractivity (Wildman–Crippen MR) is 72.7 cm³/mol. The summed E-state index contributed by atoms with van der Waals surface area (Å²) in [5, 5.41) is 2.78. The van der Waals surface area contributed by atoms with Crippen LogP contribution < -0.4 is 16.8 Å². The van der Waals surface area contributed by atoms with Gasteiger partial charge in [-0.1, -0.05) is 19.8 Å². The van der Waals surface area contributed by atoms with Crippen molar-refractivity contribution in [2.45, 2.75) is 58.4 Å². The summed E-state index contributed by atoms with van der Waals surface area (Å²) in [7, 11) is 0. The van der Waals surface area contributed by atoms with Crippen LogP contribution >= 0.6 is 0 Å². The third kappa shape index (κ3) is 8.98. The lowest BCUT2D eigenvalue weighted by atomic mass is 9.94. The maximum atomic E-state index is 11.7. The van der Waals surface area contributed by atoms with Gasteiger partial charge in [-0.2, -0.15) is 0 Å². The molecule has 0 rings (SSSR count). The first kappa shape index (κ1) is 16.9. The summed E-state index contributed by atoms with van der Waals surface area (Å²) in [5.74, 6) is 0.119. The van der Waals surface area contributed by atoms with E-state index in [0.29, 0.717) is 18.9 Å². The van der Waals surface area contributed by atoms with E-state index >= 15 is 0 Å². The van der Waals surface area contributed by atoms with Gasteiger partial charge in [0.15, 0.2) is 0 Å². The van der Waals surface area contributed by atoms with Crippen molar-refractivity contribution in [3.8, 4) is 0 Å².